The number of hydrogen-bond acceptors (Lipinski definition) is 3. The Labute approximate surface area is 66.3 Å². The minimum absolute atomic E-state index is 0.0288. The van der Waals surface area contributed by atoms with Crippen molar-refractivity contribution in [2.75, 3.05) is 6.61 Å². The van der Waals surface area contributed by atoms with Crippen LogP contribution >= 0.6 is 0 Å². The van der Waals surface area contributed by atoms with E-state index in [1.165, 1.54) is 6.26 Å². The van der Waals surface area contributed by atoms with E-state index in [-0.39, 0.29) is 5.57 Å². The van der Waals surface area contributed by atoms with Crippen LogP contribution in [0.4, 0.5) is 0 Å². The lowest BCUT2D eigenvalue weighted by atomic mass is 10.3. The van der Waals surface area contributed by atoms with Gasteiger partial charge >= 0.3 is 0 Å². The number of carbonyl (C=O) groups is 1. The van der Waals surface area contributed by atoms with E-state index in [1.807, 2.05) is 6.92 Å². The Kier molecular flexibility index (Phi) is 6.01. The molecule has 0 radical (unpaired) electrons. The van der Waals surface area contributed by atoms with Gasteiger partial charge in [0.1, 0.15) is 17.9 Å². The summed E-state index contributed by atoms with van der Waals surface area (Å²) in [5, 5.41) is 8.25. The second-order valence-electron chi connectivity index (χ2n) is 2.03. The van der Waals surface area contributed by atoms with Gasteiger partial charge < -0.3 is 4.74 Å². The molecule has 0 aromatic rings. The van der Waals surface area contributed by atoms with Gasteiger partial charge in [0.05, 0.1) is 6.61 Å². The molecular weight excluding hydrogens is 142 g/mol. The number of nitrogens with zero attached hydrogens (tertiary/aromatic N) is 1. The van der Waals surface area contributed by atoms with Gasteiger partial charge in [0.25, 0.3) is 0 Å². The highest BCUT2D eigenvalue weighted by Crippen LogP contribution is 1.91. The van der Waals surface area contributed by atoms with E-state index in [1.54, 1.807) is 6.07 Å². The number of allylic oxidation sites excluding steroid dienone is 1. The molecule has 0 aromatic carbocycles. The summed E-state index contributed by atoms with van der Waals surface area (Å²) in [6.45, 7) is 2.60. The average Bonchev–Trinajstić information content (AvgIpc) is 2.05. The number of aldehydes is 1. The molecule has 0 saturated heterocycles. The number of ether oxygens (including phenoxy) is 1. The van der Waals surface area contributed by atoms with E-state index in [4.69, 9.17) is 10.00 Å². The highest BCUT2D eigenvalue weighted by atomic mass is 16.5. The monoisotopic (exact) mass is 153 g/mol. The molecule has 60 valence electrons. The van der Waals surface area contributed by atoms with Crippen molar-refractivity contribution in [1.29, 1.82) is 5.26 Å². The number of nitriles is 1. The normalized spacial score (nSPS) is 10.4. The van der Waals surface area contributed by atoms with Gasteiger partial charge in [-0.05, 0) is 6.42 Å². The zero-order chi connectivity index (χ0) is 8.53. The third-order valence-corrected chi connectivity index (χ3v) is 1.08. The molecule has 0 rings (SSSR count). The number of rotatable bonds is 5. The van der Waals surface area contributed by atoms with E-state index < -0.39 is 0 Å². The van der Waals surface area contributed by atoms with Crippen LogP contribution in [0.25, 0.3) is 0 Å². The van der Waals surface area contributed by atoms with Crippen molar-refractivity contribution in [2.45, 2.75) is 19.8 Å². The quantitative estimate of drug-likeness (QED) is 0.197. The highest BCUT2D eigenvalue weighted by Gasteiger charge is 1.89. The Morgan fingerprint density at radius 2 is 2.45 bits per heavy atom. The van der Waals surface area contributed by atoms with Crippen molar-refractivity contribution in [2.24, 2.45) is 0 Å². The summed E-state index contributed by atoms with van der Waals surface area (Å²) in [5.41, 5.74) is 0.0288. The van der Waals surface area contributed by atoms with Crippen LogP contribution in [0.3, 0.4) is 0 Å². The van der Waals surface area contributed by atoms with E-state index in [2.05, 4.69) is 0 Å². The fourth-order valence-corrected chi connectivity index (χ4v) is 0.457. The molecule has 0 aliphatic carbocycles. The van der Waals surface area contributed by atoms with Crippen molar-refractivity contribution < 1.29 is 9.53 Å². The van der Waals surface area contributed by atoms with E-state index in [0.29, 0.717) is 12.9 Å². The van der Waals surface area contributed by atoms with Crippen molar-refractivity contribution in [3.63, 3.8) is 0 Å². The maximum absolute atomic E-state index is 10.0. The Balaban J connectivity index is 3.55. The summed E-state index contributed by atoms with van der Waals surface area (Å²) in [6, 6.07) is 1.70. The lowest BCUT2D eigenvalue weighted by Crippen LogP contribution is -1.88. The van der Waals surface area contributed by atoms with Crippen molar-refractivity contribution in [1.82, 2.24) is 0 Å². The van der Waals surface area contributed by atoms with Crippen molar-refractivity contribution >= 4 is 6.29 Å². The van der Waals surface area contributed by atoms with Crippen LogP contribution in [0, 0.1) is 11.3 Å². The first-order chi connectivity index (χ1) is 5.35. The predicted molar refractivity (Wildman–Crippen MR) is 40.6 cm³/mol. The molecule has 0 aromatic heterocycles. The zero-order valence-corrected chi connectivity index (χ0v) is 6.54. The van der Waals surface area contributed by atoms with Gasteiger partial charge in [-0.1, -0.05) is 13.3 Å². The minimum atomic E-state index is 0.0288. The lowest BCUT2D eigenvalue weighted by molar-refractivity contribution is -0.104. The van der Waals surface area contributed by atoms with Crippen LogP contribution in [-0.2, 0) is 9.53 Å². The molecule has 0 saturated carbocycles. The van der Waals surface area contributed by atoms with Gasteiger partial charge in [0.15, 0.2) is 6.29 Å². The second kappa shape index (κ2) is 6.81. The molecule has 0 aliphatic rings. The summed E-state index contributed by atoms with van der Waals surface area (Å²) in [4.78, 5) is 10.0. The van der Waals surface area contributed by atoms with Crippen molar-refractivity contribution in [3.05, 3.63) is 11.8 Å². The molecule has 3 heteroatoms. The smallest absolute Gasteiger partial charge is 0.163 e. The van der Waals surface area contributed by atoms with Gasteiger partial charge in [0, 0.05) is 0 Å². The predicted octanol–water partition coefficient (Wildman–Crippen LogP) is 1.41. The summed E-state index contributed by atoms with van der Waals surface area (Å²) in [7, 11) is 0. The summed E-state index contributed by atoms with van der Waals surface area (Å²) < 4.78 is 4.90. The molecule has 0 aliphatic heterocycles. The Morgan fingerprint density at radius 1 is 1.73 bits per heavy atom. The third kappa shape index (κ3) is 5.16. The van der Waals surface area contributed by atoms with Crippen molar-refractivity contribution in [3.8, 4) is 6.07 Å². The van der Waals surface area contributed by atoms with E-state index in [9.17, 15) is 4.79 Å². The molecule has 11 heavy (non-hydrogen) atoms. The number of carbonyl (C=O) groups excluding carboxylic acids is 1. The summed E-state index contributed by atoms with van der Waals surface area (Å²) in [5.74, 6) is 0. The van der Waals surface area contributed by atoms with Crippen LogP contribution in [0.1, 0.15) is 19.8 Å². The molecule has 0 N–H and O–H groups in total. The Morgan fingerprint density at radius 3 is 2.91 bits per heavy atom. The lowest BCUT2D eigenvalue weighted by Gasteiger charge is -1.96. The molecule has 0 atom stereocenters. The van der Waals surface area contributed by atoms with Gasteiger partial charge in [-0.2, -0.15) is 5.26 Å². The molecule has 0 unspecified atom stereocenters. The first-order valence-electron chi connectivity index (χ1n) is 3.52. The second-order valence-corrected chi connectivity index (χ2v) is 2.03. The topological polar surface area (TPSA) is 50.1 Å². The number of hydrogen-bond donors (Lipinski definition) is 0. The van der Waals surface area contributed by atoms with Gasteiger partial charge in [0.2, 0.25) is 0 Å². The fraction of sp³-hybridized carbons (Fsp3) is 0.500. The molecule has 0 heterocycles. The van der Waals surface area contributed by atoms with Crippen LogP contribution in [0.5, 0.6) is 0 Å². The zero-order valence-electron chi connectivity index (χ0n) is 6.54. The molecule has 0 amide bonds. The number of unbranched alkanes of at least 4 members (excludes halogenated alkanes) is 1. The summed E-state index contributed by atoms with van der Waals surface area (Å²) in [6.07, 6.45) is 3.65. The molecule has 3 nitrogen and oxygen atoms in total. The average molecular weight is 153 g/mol. The minimum Gasteiger partial charge on any atom is -0.500 e. The van der Waals surface area contributed by atoms with Crippen LogP contribution in [-0.4, -0.2) is 12.9 Å². The third-order valence-electron chi connectivity index (χ3n) is 1.08. The van der Waals surface area contributed by atoms with Gasteiger partial charge in [-0.3, -0.25) is 4.79 Å². The SMILES string of the molecule is CCCCO/C=C(\C#N)C=O. The van der Waals surface area contributed by atoms with E-state index in [0.717, 1.165) is 12.8 Å². The van der Waals surface area contributed by atoms with Gasteiger partial charge in [-0.15, -0.1) is 0 Å². The standard InChI is InChI=1S/C8H11NO2/c1-2-3-4-11-7-8(5-9)6-10/h6-7H,2-4H2,1H3/b8-7+. The summed E-state index contributed by atoms with van der Waals surface area (Å²) >= 11 is 0. The largest absolute Gasteiger partial charge is 0.500 e. The highest BCUT2D eigenvalue weighted by molar-refractivity contribution is 5.78. The van der Waals surface area contributed by atoms with Gasteiger partial charge in [-0.25, -0.2) is 0 Å². The Bertz CT molecular complexity index is 179. The maximum Gasteiger partial charge on any atom is 0.163 e. The first kappa shape index (κ1) is 9.70. The van der Waals surface area contributed by atoms with Crippen LogP contribution < -0.4 is 0 Å². The molecule has 0 bridgehead atoms. The van der Waals surface area contributed by atoms with E-state index >= 15 is 0 Å². The molecule has 0 fully saturated rings. The molecule has 0 spiro atoms. The fourth-order valence-electron chi connectivity index (χ4n) is 0.457. The Hall–Kier alpha value is -1.30. The maximum atomic E-state index is 10.0. The van der Waals surface area contributed by atoms with Crippen LogP contribution in [0.2, 0.25) is 0 Å². The van der Waals surface area contributed by atoms with Crippen LogP contribution in [0.15, 0.2) is 11.8 Å². The molecular formula is C8H11NO2. The first-order valence-corrected chi connectivity index (χ1v) is 3.52.